The normalized spacial score (nSPS) is 11.7. The summed E-state index contributed by atoms with van der Waals surface area (Å²) >= 11 is 0. The third kappa shape index (κ3) is 6.54. The molecule has 0 bridgehead atoms. The predicted octanol–water partition coefficient (Wildman–Crippen LogP) is 15.7. The van der Waals surface area contributed by atoms with Gasteiger partial charge in [0.25, 0.3) is 0 Å². The molecule has 0 radical (unpaired) electrons. The third-order valence-corrected chi connectivity index (χ3v) is 13.9. The van der Waals surface area contributed by atoms with Crippen LogP contribution < -0.4 is 15.0 Å². The molecule has 0 N–H and O–H groups in total. The van der Waals surface area contributed by atoms with Crippen LogP contribution in [0.5, 0.6) is 0 Å². The van der Waals surface area contributed by atoms with Gasteiger partial charge >= 0.3 is 0 Å². The number of nitrogens with zero attached hydrogens (tertiary/aromatic N) is 2. The SMILES string of the molecule is Cc1ccc(N(c2ccccc2)c2cc(-c3ccccc3)c3ccc4c(N(c5ccccc5)c5ccc([Si](C)(C)C)cc5)cc(-c5ccccc5)c5ccc2c3c54)cc1. The summed E-state index contributed by atoms with van der Waals surface area (Å²) in [7, 11) is -1.51. The zero-order valence-corrected chi connectivity index (χ0v) is 35.0. The highest BCUT2D eigenvalue weighted by molar-refractivity contribution is 6.88. The van der Waals surface area contributed by atoms with Gasteiger partial charge in [-0.3, -0.25) is 0 Å². The Bertz CT molecular complexity index is 3050. The molecular formula is C56H46N2Si. The van der Waals surface area contributed by atoms with Gasteiger partial charge in [-0.05, 0) is 101 Å². The topological polar surface area (TPSA) is 6.48 Å². The molecule has 3 heteroatoms. The Morgan fingerprint density at radius 2 is 0.678 bits per heavy atom. The van der Waals surface area contributed by atoms with E-state index in [1.807, 2.05) is 0 Å². The quantitative estimate of drug-likeness (QED) is 0.106. The summed E-state index contributed by atoms with van der Waals surface area (Å²) in [5.74, 6) is 0. The third-order valence-electron chi connectivity index (χ3n) is 11.8. The van der Waals surface area contributed by atoms with Gasteiger partial charge in [0.1, 0.15) is 0 Å². The largest absolute Gasteiger partial charge is 0.310 e. The second-order valence-electron chi connectivity index (χ2n) is 16.7. The van der Waals surface area contributed by atoms with Crippen LogP contribution >= 0.6 is 0 Å². The molecule has 59 heavy (non-hydrogen) atoms. The van der Waals surface area contributed by atoms with Crippen LogP contribution in [0.25, 0.3) is 54.6 Å². The number of anilines is 6. The second kappa shape index (κ2) is 14.8. The van der Waals surface area contributed by atoms with E-state index in [4.69, 9.17) is 0 Å². The average Bonchev–Trinajstić information content (AvgIpc) is 3.28. The maximum Gasteiger partial charge on any atom is 0.0775 e. The lowest BCUT2D eigenvalue weighted by molar-refractivity contribution is 1.29. The van der Waals surface area contributed by atoms with E-state index < -0.39 is 8.07 Å². The first-order valence-corrected chi connectivity index (χ1v) is 24.1. The molecule has 0 saturated carbocycles. The van der Waals surface area contributed by atoms with Gasteiger partial charge in [-0.1, -0.05) is 176 Å². The molecule has 0 aliphatic carbocycles. The van der Waals surface area contributed by atoms with Gasteiger partial charge in [-0.25, -0.2) is 0 Å². The Labute approximate surface area is 348 Å². The smallest absolute Gasteiger partial charge is 0.0775 e. The van der Waals surface area contributed by atoms with Crippen molar-refractivity contribution < 1.29 is 0 Å². The van der Waals surface area contributed by atoms with Crippen molar-refractivity contribution in [3.8, 4) is 22.3 Å². The number of aryl methyl sites for hydroxylation is 1. The summed E-state index contributed by atoms with van der Waals surface area (Å²) in [5.41, 5.74) is 12.9. The van der Waals surface area contributed by atoms with E-state index in [1.54, 1.807) is 0 Å². The number of hydrogen-bond donors (Lipinski definition) is 0. The number of rotatable bonds is 9. The molecule has 0 aliphatic heterocycles. The van der Waals surface area contributed by atoms with Crippen molar-refractivity contribution in [1.82, 2.24) is 0 Å². The Kier molecular flexibility index (Phi) is 9.11. The first-order chi connectivity index (χ1) is 28.8. The number of hydrogen-bond acceptors (Lipinski definition) is 2. The molecule has 0 spiro atoms. The minimum atomic E-state index is -1.51. The molecule has 2 nitrogen and oxygen atoms in total. The first kappa shape index (κ1) is 36.4. The molecule has 10 rings (SSSR count). The van der Waals surface area contributed by atoms with Gasteiger partial charge < -0.3 is 9.80 Å². The second-order valence-corrected chi connectivity index (χ2v) is 21.7. The average molecular weight is 775 g/mol. The summed E-state index contributed by atoms with van der Waals surface area (Å²) in [6, 6.07) is 76.1. The fourth-order valence-electron chi connectivity index (χ4n) is 8.85. The van der Waals surface area contributed by atoms with Crippen LogP contribution in [0, 0.1) is 6.92 Å². The van der Waals surface area contributed by atoms with E-state index in [0.29, 0.717) is 0 Å². The molecule has 10 aromatic carbocycles. The van der Waals surface area contributed by atoms with E-state index in [1.165, 1.54) is 65.3 Å². The van der Waals surface area contributed by atoms with Crippen molar-refractivity contribution in [1.29, 1.82) is 0 Å². The minimum Gasteiger partial charge on any atom is -0.310 e. The zero-order valence-electron chi connectivity index (χ0n) is 34.0. The van der Waals surface area contributed by atoms with Crippen molar-refractivity contribution in [2.45, 2.75) is 26.6 Å². The van der Waals surface area contributed by atoms with Gasteiger partial charge in [-0.2, -0.15) is 0 Å². The van der Waals surface area contributed by atoms with Crippen LogP contribution in [-0.2, 0) is 0 Å². The zero-order chi connectivity index (χ0) is 40.1. The van der Waals surface area contributed by atoms with E-state index in [-0.39, 0.29) is 0 Å². The maximum absolute atomic E-state index is 2.47. The Hall–Kier alpha value is -6.94. The highest BCUT2D eigenvalue weighted by Gasteiger charge is 2.26. The molecule has 0 aliphatic rings. The summed E-state index contributed by atoms with van der Waals surface area (Å²) in [4.78, 5) is 4.90. The van der Waals surface area contributed by atoms with Gasteiger partial charge in [-0.15, -0.1) is 0 Å². The molecular weight excluding hydrogens is 729 g/mol. The van der Waals surface area contributed by atoms with Crippen LogP contribution in [0.4, 0.5) is 34.1 Å². The molecule has 0 atom stereocenters. The highest BCUT2D eigenvalue weighted by atomic mass is 28.3. The van der Waals surface area contributed by atoms with E-state index in [2.05, 4.69) is 243 Å². The lowest BCUT2D eigenvalue weighted by Crippen LogP contribution is -2.37. The lowest BCUT2D eigenvalue weighted by Gasteiger charge is -2.31. The minimum absolute atomic E-state index is 1.12. The molecule has 0 heterocycles. The molecule has 284 valence electrons. The van der Waals surface area contributed by atoms with Crippen LogP contribution in [0.2, 0.25) is 19.6 Å². The highest BCUT2D eigenvalue weighted by Crippen LogP contribution is 2.52. The summed E-state index contributed by atoms with van der Waals surface area (Å²) in [6.45, 7) is 9.40. The molecule has 0 amide bonds. The Morgan fingerprint density at radius 3 is 1.07 bits per heavy atom. The Morgan fingerprint density at radius 1 is 0.339 bits per heavy atom. The van der Waals surface area contributed by atoms with Gasteiger partial charge in [0.15, 0.2) is 0 Å². The van der Waals surface area contributed by atoms with Crippen LogP contribution in [0.3, 0.4) is 0 Å². The van der Waals surface area contributed by atoms with Crippen LogP contribution in [0.15, 0.2) is 206 Å². The molecule has 0 saturated heterocycles. The summed E-state index contributed by atoms with van der Waals surface area (Å²) in [6.07, 6.45) is 0. The monoisotopic (exact) mass is 774 g/mol. The van der Waals surface area contributed by atoms with Gasteiger partial charge in [0, 0.05) is 44.3 Å². The number of benzene rings is 10. The fraction of sp³-hybridized carbons (Fsp3) is 0.0714. The van der Waals surface area contributed by atoms with Crippen molar-refractivity contribution in [2.75, 3.05) is 9.80 Å². The van der Waals surface area contributed by atoms with Gasteiger partial charge in [0.05, 0.1) is 19.4 Å². The Balaban J connectivity index is 1.36. The van der Waals surface area contributed by atoms with E-state index in [9.17, 15) is 0 Å². The lowest BCUT2D eigenvalue weighted by atomic mass is 9.85. The van der Waals surface area contributed by atoms with Crippen LogP contribution in [-0.4, -0.2) is 8.07 Å². The predicted molar refractivity (Wildman–Crippen MR) is 258 cm³/mol. The summed E-state index contributed by atoms with van der Waals surface area (Å²) < 4.78 is 0. The molecule has 10 aromatic rings. The van der Waals surface area contributed by atoms with Crippen molar-refractivity contribution in [3.05, 3.63) is 212 Å². The fourth-order valence-corrected chi connectivity index (χ4v) is 10.0. The van der Waals surface area contributed by atoms with E-state index >= 15 is 0 Å². The first-order valence-electron chi connectivity index (χ1n) is 20.6. The molecule has 0 unspecified atom stereocenters. The van der Waals surface area contributed by atoms with Crippen molar-refractivity contribution in [2.24, 2.45) is 0 Å². The number of para-hydroxylation sites is 2. The standard InChI is InChI=1S/C56H46N2Si/c1-39-25-27-44(28-26-39)57(42-21-13-7-14-22-42)53-37-51(40-17-9-5-10-18-40)47-34-36-50-54(38-52(41-19-11-6-12-20-41)48-33-35-49(53)55(47)56(48)50)58(43-23-15-8-16-24-43)45-29-31-46(32-30-45)59(2,3)4/h5-38H,1-4H3. The van der Waals surface area contributed by atoms with Gasteiger partial charge in [0.2, 0.25) is 0 Å². The molecule has 0 fully saturated rings. The van der Waals surface area contributed by atoms with Crippen LogP contribution in [0.1, 0.15) is 5.56 Å². The van der Waals surface area contributed by atoms with Crippen molar-refractivity contribution in [3.63, 3.8) is 0 Å². The molecule has 0 aromatic heterocycles. The van der Waals surface area contributed by atoms with E-state index in [0.717, 1.165) is 34.1 Å². The maximum atomic E-state index is 2.47. The summed E-state index contributed by atoms with van der Waals surface area (Å²) in [5, 5.41) is 8.90. The van der Waals surface area contributed by atoms with Crippen molar-refractivity contribution >= 4 is 79.7 Å².